The maximum absolute atomic E-state index is 13.9. The standard InChI is InChI=1S/C19H20FNO3.ClH/c20-15-3-1-13(2-4-15)17-7-8-21-10-14(17)11-22-16-5-6-18-19(9-16)24-12-23-18;/h1-6,9,14,17,21H,7-8,10-12H2;1H/i1D,2D,3D,4D;. The van der Waals surface area contributed by atoms with Crippen molar-refractivity contribution in [2.75, 3.05) is 26.5 Å². The molecule has 0 amide bonds. The number of fused-ring (bicyclic) bond motifs is 1. The number of ether oxygens (including phenoxy) is 3. The number of hydrogen-bond donors (Lipinski definition) is 1. The van der Waals surface area contributed by atoms with Crippen LogP contribution in [0.3, 0.4) is 0 Å². The van der Waals surface area contributed by atoms with Crippen LogP contribution in [0.2, 0.25) is 0 Å². The van der Waals surface area contributed by atoms with Gasteiger partial charge in [-0.2, -0.15) is 0 Å². The molecule has 0 aliphatic carbocycles. The molecule has 25 heavy (non-hydrogen) atoms. The first-order valence-corrected chi connectivity index (χ1v) is 7.96. The first kappa shape index (κ1) is 13.3. The highest BCUT2D eigenvalue weighted by molar-refractivity contribution is 5.85. The molecule has 2 unspecified atom stereocenters. The number of hydrogen-bond acceptors (Lipinski definition) is 4. The molecule has 0 aromatic heterocycles. The van der Waals surface area contributed by atoms with Gasteiger partial charge in [-0.25, -0.2) is 4.39 Å². The van der Waals surface area contributed by atoms with Gasteiger partial charge in [0.1, 0.15) is 11.6 Å². The van der Waals surface area contributed by atoms with Crippen molar-refractivity contribution in [3.8, 4) is 17.2 Å². The Morgan fingerprint density at radius 2 is 2.00 bits per heavy atom. The van der Waals surface area contributed by atoms with Crippen molar-refractivity contribution >= 4 is 12.4 Å². The summed E-state index contributed by atoms with van der Waals surface area (Å²) in [6, 6.07) is 3.46. The number of halogens is 2. The van der Waals surface area contributed by atoms with Crippen LogP contribution in [0.4, 0.5) is 4.39 Å². The van der Waals surface area contributed by atoms with Crippen molar-refractivity contribution in [1.82, 2.24) is 5.32 Å². The molecule has 6 heteroatoms. The predicted octanol–water partition coefficient (Wildman–Crippen LogP) is 3.75. The quantitative estimate of drug-likeness (QED) is 0.891. The Morgan fingerprint density at radius 3 is 2.84 bits per heavy atom. The van der Waals surface area contributed by atoms with Crippen LogP contribution in [0.1, 0.15) is 23.4 Å². The summed E-state index contributed by atoms with van der Waals surface area (Å²) in [5.41, 5.74) is 0.261. The van der Waals surface area contributed by atoms with E-state index in [1.807, 2.05) is 0 Å². The molecule has 0 spiro atoms. The minimum absolute atomic E-state index is 0. The normalized spacial score (nSPS) is 23.7. The lowest BCUT2D eigenvalue weighted by Crippen LogP contribution is -2.38. The molecule has 0 saturated carbocycles. The second-order valence-corrected chi connectivity index (χ2v) is 5.91. The molecule has 2 atom stereocenters. The molecule has 4 rings (SSSR count). The topological polar surface area (TPSA) is 39.7 Å². The molecular weight excluding hydrogens is 345 g/mol. The summed E-state index contributed by atoms with van der Waals surface area (Å²) in [6.07, 6.45) is 0.622. The SMILES string of the molecule is Cl.[2H]c1c([2H])c(C2CCNCC2COc2ccc3c(c2)OCO3)c([2H])c([2H])c1F. The Labute approximate surface area is 158 Å². The lowest BCUT2D eigenvalue weighted by atomic mass is 9.81. The van der Waals surface area contributed by atoms with Gasteiger partial charge in [-0.3, -0.25) is 0 Å². The van der Waals surface area contributed by atoms with Crippen LogP contribution < -0.4 is 19.5 Å². The zero-order chi connectivity index (χ0) is 19.8. The molecule has 2 heterocycles. The molecule has 4 nitrogen and oxygen atoms in total. The number of rotatable bonds is 4. The third-order valence-electron chi connectivity index (χ3n) is 4.40. The lowest BCUT2D eigenvalue weighted by molar-refractivity contribution is 0.173. The number of benzene rings is 2. The van der Waals surface area contributed by atoms with Gasteiger partial charge in [0.15, 0.2) is 11.5 Å². The Balaban J connectivity index is 0.00000240. The largest absolute Gasteiger partial charge is 0.493 e. The van der Waals surface area contributed by atoms with Gasteiger partial charge in [-0.05, 0) is 48.7 Å². The molecule has 1 saturated heterocycles. The van der Waals surface area contributed by atoms with Gasteiger partial charge in [-0.15, -0.1) is 12.4 Å². The highest BCUT2D eigenvalue weighted by Gasteiger charge is 2.27. The van der Waals surface area contributed by atoms with Gasteiger partial charge in [0, 0.05) is 18.5 Å². The van der Waals surface area contributed by atoms with E-state index in [0.29, 0.717) is 43.4 Å². The van der Waals surface area contributed by atoms with Crippen molar-refractivity contribution in [3.05, 3.63) is 53.7 Å². The van der Waals surface area contributed by atoms with E-state index in [4.69, 9.17) is 19.7 Å². The average molecular weight is 370 g/mol. The molecule has 0 radical (unpaired) electrons. The zero-order valence-corrected chi connectivity index (χ0v) is 14.2. The first-order valence-electron chi connectivity index (χ1n) is 9.96. The highest BCUT2D eigenvalue weighted by atomic mass is 35.5. The smallest absolute Gasteiger partial charge is 0.231 e. The van der Waals surface area contributed by atoms with Crippen LogP contribution in [0.5, 0.6) is 17.2 Å². The predicted molar refractivity (Wildman–Crippen MR) is 95.4 cm³/mol. The molecule has 2 aliphatic rings. The average Bonchev–Trinajstić information content (AvgIpc) is 3.18. The van der Waals surface area contributed by atoms with E-state index >= 15 is 0 Å². The first-order chi connectivity index (χ1) is 13.5. The van der Waals surface area contributed by atoms with Crippen LogP contribution >= 0.6 is 12.4 Å². The van der Waals surface area contributed by atoms with E-state index in [1.165, 1.54) is 0 Å². The van der Waals surface area contributed by atoms with Gasteiger partial charge in [-0.1, -0.05) is 12.1 Å². The van der Waals surface area contributed by atoms with Crippen LogP contribution in [-0.2, 0) is 0 Å². The number of piperidine rings is 1. The molecular formula is C19H21ClFNO3. The summed E-state index contributed by atoms with van der Waals surface area (Å²) < 4.78 is 62.3. The molecule has 1 N–H and O–H groups in total. The van der Waals surface area contributed by atoms with E-state index < -0.39 is 17.9 Å². The summed E-state index contributed by atoms with van der Waals surface area (Å²) >= 11 is 0. The molecule has 2 aromatic rings. The molecule has 134 valence electrons. The fourth-order valence-corrected chi connectivity index (χ4v) is 3.14. The maximum Gasteiger partial charge on any atom is 0.231 e. The fourth-order valence-electron chi connectivity index (χ4n) is 3.14. The van der Waals surface area contributed by atoms with Crippen LogP contribution in [-0.4, -0.2) is 26.5 Å². The van der Waals surface area contributed by atoms with Gasteiger partial charge >= 0.3 is 0 Å². The Bertz CT molecular complexity index is 889. The summed E-state index contributed by atoms with van der Waals surface area (Å²) in [5, 5.41) is 3.28. The van der Waals surface area contributed by atoms with E-state index in [9.17, 15) is 4.39 Å². The Kier molecular flexibility index (Phi) is 4.21. The van der Waals surface area contributed by atoms with E-state index in [2.05, 4.69) is 5.32 Å². The second kappa shape index (κ2) is 7.93. The van der Waals surface area contributed by atoms with E-state index in [1.54, 1.807) is 18.2 Å². The molecule has 1 fully saturated rings. The van der Waals surface area contributed by atoms with Gasteiger partial charge in [0.2, 0.25) is 6.79 Å². The minimum Gasteiger partial charge on any atom is -0.493 e. The highest BCUT2D eigenvalue weighted by Crippen LogP contribution is 2.36. The third-order valence-corrected chi connectivity index (χ3v) is 4.40. The molecule has 2 aliphatic heterocycles. The minimum atomic E-state index is -1.11. The van der Waals surface area contributed by atoms with Gasteiger partial charge in [0.25, 0.3) is 0 Å². The maximum atomic E-state index is 13.9. The zero-order valence-electron chi connectivity index (χ0n) is 17.4. The summed E-state index contributed by atoms with van der Waals surface area (Å²) in [7, 11) is 0. The van der Waals surface area contributed by atoms with Gasteiger partial charge < -0.3 is 19.5 Å². The summed E-state index contributed by atoms with van der Waals surface area (Å²) in [4.78, 5) is 0. The Morgan fingerprint density at radius 1 is 1.20 bits per heavy atom. The molecule has 0 bridgehead atoms. The molecule has 2 aromatic carbocycles. The summed E-state index contributed by atoms with van der Waals surface area (Å²) in [6.45, 7) is 1.78. The van der Waals surface area contributed by atoms with Crippen LogP contribution in [0.25, 0.3) is 0 Å². The summed E-state index contributed by atoms with van der Waals surface area (Å²) in [5.74, 6) is 0.447. The van der Waals surface area contributed by atoms with Crippen molar-refractivity contribution < 1.29 is 24.1 Å². The fraction of sp³-hybridized carbons (Fsp3) is 0.368. The second-order valence-electron chi connectivity index (χ2n) is 5.91. The van der Waals surface area contributed by atoms with E-state index in [0.717, 1.165) is 0 Å². The van der Waals surface area contributed by atoms with Crippen LogP contribution in [0.15, 0.2) is 42.4 Å². The Hall–Kier alpha value is -1.98. The van der Waals surface area contributed by atoms with Gasteiger partial charge in [0.05, 0.1) is 12.1 Å². The lowest BCUT2D eigenvalue weighted by Gasteiger charge is -2.32. The van der Waals surface area contributed by atoms with Crippen molar-refractivity contribution in [2.24, 2.45) is 5.92 Å². The van der Waals surface area contributed by atoms with Crippen molar-refractivity contribution in [1.29, 1.82) is 0 Å². The van der Waals surface area contributed by atoms with Crippen molar-refractivity contribution in [2.45, 2.75) is 12.3 Å². The monoisotopic (exact) mass is 369 g/mol. The number of nitrogens with one attached hydrogen (secondary N) is 1. The van der Waals surface area contributed by atoms with Crippen molar-refractivity contribution in [3.63, 3.8) is 0 Å². The third kappa shape index (κ3) is 3.99. The van der Waals surface area contributed by atoms with E-state index in [-0.39, 0.29) is 48.7 Å². The van der Waals surface area contributed by atoms with Crippen LogP contribution in [0, 0.1) is 11.7 Å².